The number of carbonyl (C=O) groups is 1. The molecule has 0 unspecified atom stereocenters. The number of alkyl halides is 5. The SMILES string of the molecule is CC(C)N1CCc2cc(C3=C([O-])/C(=c4/cc5c(cc4CF)=[N+](C(C)C)CC5)C3=O)c(CF)cc21.CC(C)N1CCc2ccc(CF)cc21.CC(C)N1CCc2ccc(CO)cc21.ClCCl.O=c1c(O)c(O)c1=O. The van der Waals surface area contributed by atoms with E-state index in [-0.39, 0.29) is 41.9 Å². The lowest BCUT2D eigenvalue weighted by atomic mass is 9.79. The van der Waals surface area contributed by atoms with Crippen LogP contribution in [-0.4, -0.2) is 76.8 Å². The zero-order valence-electron chi connectivity index (χ0n) is 42.9. The third-order valence-corrected chi connectivity index (χ3v) is 14.1. The van der Waals surface area contributed by atoms with Crippen molar-refractivity contribution in [1.82, 2.24) is 4.58 Å². The molecule has 0 atom stereocenters. The van der Waals surface area contributed by atoms with Crippen LogP contribution >= 0.6 is 23.2 Å². The van der Waals surface area contributed by atoms with Gasteiger partial charge < -0.3 is 35.1 Å². The summed E-state index contributed by atoms with van der Waals surface area (Å²) in [7, 11) is 0. The number of Topliss-reactive ketones (excluding diaryl/α,β-unsaturated/α-hetero) is 1. The predicted molar refractivity (Wildman–Crippen MR) is 285 cm³/mol. The number of nitrogens with zero attached hydrogens (tertiary/aromatic N) is 4. The molecule has 0 saturated carbocycles. The Bertz CT molecular complexity index is 2980. The maximum atomic E-state index is 14.0. The average Bonchev–Trinajstić information content (AvgIpc) is 4.20. The molecule has 16 heteroatoms. The molecule has 73 heavy (non-hydrogen) atoms. The predicted octanol–water partition coefficient (Wildman–Crippen LogP) is 7.35. The molecule has 4 heterocycles. The summed E-state index contributed by atoms with van der Waals surface area (Å²) in [6.07, 6.45) is 3.82. The quantitative estimate of drug-likeness (QED) is 0.0779. The summed E-state index contributed by atoms with van der Waals surface area (Å²) in [5, 5.41) is 40.4. The van der Waals surface area contributed by atoms with Crippen LogP contribution in [0.2, 0.25) is 0 Å². The van der Waals surface area contributed by atoms with E-state index in [2.05, 4.69) is 92.9 Å². The number of aliphatic hydroxyl groups is 1. The highest BCUT2D eigenvalue weighted by Gasteiger charge is 2.34. The Labute approximate surface area is 435 Å². The number of aromatic hydroxyl groups is 2. The second-order valence-corrected chi connectivity index (χ2v) is 20.6. The number of hydrogen-bond acceptors (Lipinski definition) is 10. The Morgan fingerprint density at radius 1 is 0.603 bits per heavy atom. The molecule has 392 valence electrons. The summed E-state index contributed by atoms with van der Waals surface area (Å²) in [6, 6.07) is 21.0. The lowest BCUT2D eigenvalue weighted by molar-refractivity contribution is -0.292. The summed E-state index contributed by atoms with van der Waals surface area (Å²) in [6.45, 7) is 19.2. The lowest BCUT2D eigenvalue weighted by Gasteiger charge is -2.32. The third kappa shape index (κ3) is 11.8. The van der Waals surface area contributed by atoms with Gasteiger partial charge in [-0.15, -0.1) is 23.2 Å². The Balaban J connectivity index is 0.000000182. The molecular formula is C57H67Cl2F3N4O7. The van der Waals surface area contributed by atoms with Crippen LogP contribution in [0.1, 0.15) is 105 Å². The molecule has 0 saturated heterocycles. The standard InChI is InChI=1S/C28H30F2N2O2.C12H16FN.C12H17NO.C4H2O4.CH2Cl2/c1-15(2)31-7-5-17-9-21(19(13-29)11-23(17)31)25-27(33)26(28(25)34)22-10-18-6-8-32(16(3)4)24(18)12-20(22)14-30;1-9(2)14-6-5-11-4-3-10(8-13)7-12(11)14;1-9(2)13-6-5-11-4-3-10(8-14)7-12(11)13;5-1-2(6)4(8)3(1)7;2-1-3/h9-12,15-16H,5-8,13-14H2,1-4H3;3-4,7,9H,5-6,8H2,1-2H3;3-4,7,9,14H,5-6,8H2,1-2H3;5-6H;1H2. The van der Waals surface area contributed by atoms with E-state index < -0.39 is 47.2 Å². The summed E-state index contributed by atoms with van der Waals surface area (Å²) in [4.78, 5) is 40.2. The van der Waals surface area contributed by atoms with Crippen LogP contribution in [0, 0.1) is 0 Å². The molecule has 5 aliphatic rings. The smallest absolute Gasteiger partial charge is 0.275 e. The van der Waals surface area contributed by atoms with Crippen molar-refractivity contribution in [3.05, 3.63) is 148 Å². The zero-order valence-corrected chi connectivity index (χ0v) is 44.4. The number of halogens is 5. The van der Waals surface area contributed by atoms with E-state index in [1.165, 1.54) is 22.5 Å². The largest absolute Gasteiger partial charge is 0.871 e. The first-order chi connectivity index (χ1) is 34.8. The molecule has 0 radical (unpaired) electrons. The minimum Gasteiger partial charge on any atom is -0.871 e. The van der Waals surface area contributed by atoms with Crippen molar-refractivity contribution >= 4 is 57.2 Å². The average molecular weight is 1050 g/mol. The second-order valence-electron chi connectivity index (χ2n) is 19.8. The minimum absolute atomic E-state index is 0.0301. The van der Waals surface area contributed by atoms with Crippen LogP contribution < -0.4 is 45.8 Å². The van der Waals surface area contributed by atoms with Gasteiger partial charge in [-0.3, -0.25) is 14.4 Å². The molecule has 11 nitrogen and oxygen atoms in total. The van der Waals surface area contributed by atoms with E-state index in [1.54, 1.807) is 12.1 Å². The summed E-state index contributed by atoms with van der Waals surface area (Å²) in [5.41, 5.74) is 9.28. The maximum absolute atomic E-state index is 14.0. The van der Waals surface area contributed by atoms with E-state index >= 15 is 0 Å². The van der Waals surface area contributed by atoms with Crippen LogP contribution in [0.4, 0.5) is 30.2 Å². The van der Waals surface area contributed by atoms with Crippen molar-refractivity contribution in [3.63, 3.8) is 0 Å². The number of carbonyl (C=O) groups excluding carboxylic acids is 1. The fourth-order valence-corrected chi connectivity index (χ4v) is 10.2. The number of benzene rings is 4. The van der Waals surface area contributed by atoms with Crippen molar-refractivity contribution in [2.45, 2.75) is 132 Å². The van der Waals surface area contributed by atoms with Gasteiger partial charge in [0.15, 0.2) is 5.78 Å². The fourth-order valence-electron chi connectivity index (χ4n) is 10.2. The molecule has 0 amide bonds. The van der Waals surface area contributed by atoms with Crippen molar-refractivity contribution in [2.24, 2.45) is 0 Å². The van der Waals surface area contributed by atoms with E-state index in [4.69, 9.17) is 38.5 Å². The minimum atomic E-state index is -1.01. The Morgan fingerprint density at radius 2 is 1.08 bits per heavy atom. The van der Waals surface area contributed by atoms with Crippen LogP contribution in [0.15, 0.2) is 76.0 Å². The van der Waals surface area contributed by atoms with Gasteiger partial charge in [0.2, 0.25) is 16.9 Å². The highest BCUT2D eigenvalue weighted by Crippen LogP contribution is 2.41. The Hall–Kier alpha value is -5.83. The van der Waals surface area contributed by atoms with E-state index in [0.29, 0.717) is 34.0 Å². The first-order valence-electron chi connectivity index (χ1n) is 24.8. The van der Waals surface area contributed by atoms with Gasteiger partial charge in [0.25, 0.3) is 10.9 Å². The Kier molecular flexibility index (Phi) is 18.9. The van der Waals surface area contributed by atoms with Gasteiger partial charge in [-0.25, -0.2) is 17.7 Å². The van der Waals surface area contributed by atoms with Gasteiger partial charge in [-0.05, 0) is 155 Å². The Morgan fingerprint density at radius 3 is 1.52 bits per heavy atom. The molecule has 0 spiro atoms. The van der Waals surface area contributed by atoms with Gasteiger partial charge >= 0.3 is 0 Å². The first kappa shape index (κ1) is 56.5. The second kappa shape index (κ2) is 24.5. The van der Waals surface area contributed by atoms with Crippen LogP contribution in [0.25, 0.3) is 11.1 Å². The monoisotopic (exact) mass is 1050 g/mol. The van der Waals surface area contributed by atoms with Crippen LogP contribution in [0.5, 0.6) is 11.5 Å². The maximum Gasteiger partial charge on any atom is 0.275 e. The highest BCUT2D eigenvalue weighted by atomic mass is 35.5. The van der Waals surface area contributed by atoms with Crippen molar-refractivity contribution in [1.29, 1.82) is 0 Å². The molecule has 4 aliphatic heterocycles. The molecule has 10 rings (SSSR count). The van der Waals surface area contributed by atoms with Crippen LogP contribution in [0.3, 0.4) is 0 Å². The zero-order chi connectivity index (χ0) is 53.6. The van der Waals surface area contributed by atoms with E-state index in [9.17, 15) is 32.7 Å². The molecular weight excluding hydrogens is 981 g/mol. The molecule has 5 aromatic rings. The summed E-state index contributed by atoms with van der Waals surface area (Å²) < 4.78 is 42.8. The molecule has 0 fully saturated rings. The van der Waals surface area contributed by atoms with Crippen molar-refractivity contribution in [2.75, 3.05) is 46.2 Å². The van der Waals surface area contributed by atoms with Gasteiger partial charge in [0, 0.05) is 84.0 Å². The normalized spacial score (nSPS) is 15.9. The fraction of sp³-hybridized carbons (Fsp3) is 0.439. The van der Waals surface area contributed by atoms with Gasteiger partial charge in [0.1, 0.15) is 32.6 Å². The van der Waals surface area contributed by atoms with Crippen LogP contribution in [-0.2, 0) is 57.1 Å². The van der Waals surface area contributed by atoms with Crippen molar-refractivity contribution < 1.29 is 38.4 Å². The number of aliphatic hydroxyl groups excluding tert-OH is 1. The third-order valence-electron chi connectivity index (χ3n) is 14.1. The molecule has 5 aromatic carbocycles. The number of allylic oxidation sites excluding steroid dienone is 2. The molecule has 3 N–H and O–H groups in total. The van der Waals surface area contributed by atoms with Gasteiger partial charge in [-0.2, -0.15) is 0 Å². The lowest BCUT2D eigenvalue weighted by Crippen LogP contribution is -2.37. The highest BCUT2D eigenvalue weighted by molar-refractivity contribution is 6.51. The number of rotatable bonds is 9. The van der Waals surface area contributed by atoms with E-state index in [1.807, 2.05) is 30.3 Å². The first-order valence-corrected chi connectivity index (χ1v) is 25.9. The number of ketones is 1. The molecule has 1 aliphatic carbocycles. The summed E-state index contributed by atoms with van der Waals surface area (Å²) >= 11 is 9.53. The number of fused-ring (bicyclic) bond motifs is 4. The van der Waals surface area contributed by atoms with Gasteiger partial charge in [-0.1, -0.05) is 30.0 Å². The number of hydrogen-bond donors (Lipinski definition) is 3. The number of anilines is 3. The molecule has 0 aromatic heterocycles. The molecule has 0 bridgehead atoms. The van der Waals surface area contributed by atoms with Gasteiger partial charge in [0.05, 0.1) is 11.9 Å². The van der Waals surface area contributed by atoms with E-state index in [0.717, 1.165) is 85.2 Å². The summed E-state index contributed by atoms with van der Waals surface area (Å²) in [5.74, 6) is -2.47. The van der Waals surface area contributed by atoms with Crippen molar-refractivity contribution in [3.8, 4) is 11.5 Å². The topological polar surface area (TPSA) is 148 Å².